The molecule has 1 N–H and O–H groups in total. The Labute approximate surface area is 106 Å². The number of fused-ring (bicyclic) bond motifs is 2. The Hall–Kier alpha value is -1.58. The van der Waals surface area contributed by atoms with Gasteiger partial charge in [-0.05, 0) is 37.7 Å². The third-order valence-electron chi connectivity index (χ3n) is 4.26. The van der Waals surface area contributed by atoms with Crippen LogP contribution >= 0.6 is 0 Å². The van der Waals surface area contributed by atoms with Crippen LogP contribution in [0.2, 0.25) is 0 Å². The Kier molecular flexibility index (Phi) is 2.37. The number of hydrogen-bond donors (Lipinski definition) is 1. The largest absolute Gasteiger partial charge is 0.327 e. The van der Waals surface area contributed by atoms with E-state index in [1.807, 2.05) is 6.92 Å². The first-order chi connectivity index (χ1) is 8.53. The first kappa shape index (κ1) is 11.5. The van der Waals surface area contributed by atoms with Crippen LogP contribution in [0, 0.1) is 12.8 Å². The predicted molar refractivity (Wildman–Crippen MR) is 68.5 cm³/mol. The Balaban J connectivity index is 2.22. The zero-order valence-corrected chi connectivity index (χ0v) is 10.8. The first-order valence-electron chi connectivity index (χ1n) is 6.59. The summed E-state index contributed by atoms with van der Waals surface area (Å²) in [7, 11) is 0. The van der Waals surface area contributed by atoms with E-state index in [-0.39, 0.29) is 11.5 Å². The number of aromatic nitrogens is 1. The molecule has 1 aromatic rings. The van der Waals surface area contributed by atoms with Crippen LogP contribution in [-0.4, -0.2) is 10.5 Å². The van der Waals surface area contributed by atoms with Gasteiger partial charge in [0.15, 0.2) is 0 Å². The molecule has 1 saturated carbocycles. The molecule has 1 fully saturated rings. The molecule has 1 aliphatic carbocycles. The van der Waals surface area contributed by atoms with Crippen LogP contribution in [-0.2, 0) is 5.66 Å². The van der Waals surface area contributed by atoms with Crippen molar-refractivity contribution in [2.75, 3.05) is 0 Å². The molecule has 0 saturated heterocycles. The Bertz CT molecular complexity index is 576. The highest BCUT2D eigenvalue weighted by Crippen LogP contribution is 2.39. The van der Waals surface area contributed by atoms with Gasteiger partial charge >= 0.3 is 0 Å². The van der Waals surface area contributed by atoms with Crippen LogP contribution in [0.3, 0.4) is 0 Å². The molecule has 0 bridgehead atoms. The number of nitrogens with zero attached hydrogens (tertiary/aromatic N) is 1. The third-order valence-corrected chi connectivity index (χ3v) is 4.26. The van der Waals surface area contributed by atoms with Crippen molar-refractivity contribution in [3.8, 4) is 0 Å². The van der Waals surface area contributed by atoms with Gasteiger partial charge in [0.05, 0.1) is 0 Å². The maximum Gasteiger partial charge on any atom is 0.270 e. The summed E-state index contributed by atoms with van der Waals surface area (Å²) in [6.45, 7) is 4.07. The maximum atomic E-state index is 12.2. The third kappa shape index (κ3) is 1.44. The van der Waals surface area contributed by atoms with Gasteiger partial charge in [0.1, 0.15) is 11.4 Å². The molecule has 1 aliphatic heterocycles. The van der Waals surface area contributed by atoms with E-state index in [2.05, 4.69) is 12.2 Å². The van der Waals surface area contributed by atoms with Crippen LogP contribution in [0.25, 0.3) is 0 Å². The smallest absolute Gasteiger partial charge is 0.270 e. The summed E-state index contributed by atoms with van der Waals surface area (Å²) in [5.41, 5.74) is 0.898. The summed E-state index contributed by atoms with van der Waals surface area (Å²) in [6.07, 6.45) is 3.95. The molecule has 1 spiro atoms. The minimum Gasteiger partial charge on any atom is -0.327 e. The highest BCUT2D eigenvalue weighted by Gasteiger charge is 2.45. The van der Waals surface area contributed by atoms with E-state index in [4.69, 9.17) is 0 Å². The molecule has 1 amide bonds. The molecule has 2 atom stereocenters. The fourth-order valence-corrected chi connectivity index (χ4v) is 3.51. The van der Waals surface area contributed by atoms with Gasteiger partial charge in [-0.15, -0.1) is 0 Å². The van der Waals surface area contributed by atoms with E-state index in [0.29, 0.717) is 11.6 Å². The van der Waals surface area contributed by atoms with Crippen molar-refractivity contribution < 1.29 is 4.79 Å². The summed E-state index contributed by atoms with van der Waals surface area (Å²) in [5, 5.41) is 3.07. The lowest BCUT2D eigenvalue weighted by molar-refractivity contribution is 0.0832. The van der Waals surface area contributed by atoms with Gasteiger partial charge < -0.3 is 5.32 Å². The average Bonchev–Trinajstić information content (AvgIpc) is 2.58. The van der Waals surface area contributed by atoms with Gasteiger partial charge in [-0.1, -0.05) is 19.4 Å². The van der Waals surface area contributed by atoms with Gasteiger partial charge in [-0.25, -0.2) is 0 Å². The fraction of sp³-hybridized carbons (Fsp3) is 0.571. The van der Waals surface area contributed by atoms with Crippen molar-refractivity contribution in [2.24, 2.45) is 5.92 Å². The van der Waals surface area contributed by atoms with E-state index in [1.165, 1.54) is 6.42 Å². The number of nitrogens with one attached hydrogen (secondary N) is 1. The molecule has 96 valence electrons. The number of rotatable bonds is 0. The SMILES string of the molecule is Cc1ccc(=O)n2c1C(=O)NC21CCCC(C)C1. The second-order valence-electron chi connectivity index (χ2n) is 5.73. The first-order valence-corrected chi connectivity index (χ1v) is 6.59. The number of pyridine rings is 1. The Morgan fingerprint density at radius 2 is 2.17 bits per heavy atom. The van der Waals surface area contributed by atoms with Crippen LogP contribution in [0.1, 0.15) is 48.7 Å². The van der Waals surface area contributed by atoms with E-state index < -0.39 is 5.66 Å². The average molecular weight is 246 g/mol. The van der Waals surface area contributed by atoms with Gasteiger partial charge in [-0.2, -0.15) is 0 Å². The standard InChI is InChI=1S/C14H18N2O2/c1-9-4-3-7-14(8-9)15-13(18)12-10(2)5-6-11(17)16(12)14/h5-6,9H,3-4,7-8H2,1-2H3,(H,15,18). The highest BCUT2D eigenvalue weighted by atomic mass is 16.2. The van der Waals surface area contributed by atoms with E-state index in [9.17, 15) is 9.59 Å². The van der Waals surface area contributed by atoms with Crippen molar-refractivity contribution in [2.45, 2.75) is 45.2 Å². The summed E-state index contributed by atoms with van der Waals surface area (Å²) >= 11 is 0. The molecule has 1 aromatic heterocycles. The summed E-state index contributed by atoms with van der Waals surface area (Å²) in [6, 6.07) is 3.30. The van der Waals surface area contributed by atoms with Crippen LogP contribution < -0.4 is 10.9 Å². The maximum absolute atomic E-state index is 12.2. The molecule has 4 heteroatoms. The van der Waals surface area contributed by atoms with Crippen LogP contribution in [0.5, 0.6) is 0 Å². The van der Waals surface area contributed by atoms with Crippen molar-refractivity contribution in [3.05, 3.63) is 33.7 Å². The molecule has 18 heavy (non-hydrogen) atoms. The molecular weight excluding hydrogens is 228 g/mol. The number of carbonyl (C=O) groups excluding carboxylic acids is 1. The lowest BCUT2D eigenvalue weighted by Gasteiger charge is -2.38. The normalized spacial score (nSPS) is 30.3. The number of aryl methyl sites for hydroxylation is 1. The second kappa shape index (κ2) is 3.70. The molecule has 3 rings (SSSR count). The number of carbonyl (C=O) groups is 1. The molecule has 4 nitrogen and oxygen atoms in total. The topological polar surface area (TPSA) is 51.1 Å². The minimum atomic E-state index is -0.465. The van der Waals surface area contributed by atoms with Crippen molar-refractivity contribution in [1.82, 2.24) is 9.88 Å². The number of amides is 1. The molecule has 2 aliphatic rings. The van der Waals surface area contributed by atoms with E-state index in [1.54, 1.807) is 16.7 Å². The van der Waals surface area contributed by atoms with Crippen molar-refractivity contribution in [1.29, 1.82) is 0 Å². The molecular formula is C14H18N2O2. The van der Waals surface area contributed by atoms with Crippen LogP contribution in [0.15, 0.2) is 16.9 Å². The lowest BCUT2D eigenvalue weighted by Crippen LogP contribution is -2.50. The fourth-order valence-electron chi connectivity index (χ4n) is 3.51. The second-order valence-corrected chi connectivity index (χ2v) is 5.73. The van der Waals surface area contributed by atoms with Gasteiger partial charge in [-0.3, -0.25) is 14.2 Å². The van der Waals surface area contributed by atoms with Gasteiger partial charge in [0, 0.05) is 6.07 Å². The molecule has 2 heterocycles. The summed E-state index contributed by atoms with van der Waals surface area (Å²) < 4.78 is 1.71. The van der Waals surface area contributed by atoms with E-state index in [0.717, 1.165) is 24.8 Å². The van der Waals surface area contributed by atoms with Crippen molar-refractivity contribution >= 4 is 5.91 Å². The van der Waals surface area contributed by atoms with Gasteiger partial charge in [0.2, 0.25) is 0 Å². The zero-order chi connectivity index (χ0) is 12.9. The predicted octanol–water partition coefficient (Wildman–Crippen LogP) is 1.76. The summed E-state index contributed by atoms with van der Waals surface area (Å²) in [5.74, 6) is 0.441. The van der Waals surface area contributed by atoms with Gasteiger partial charge in [0.25, 0.3) is 11.5 Å². The zero-order valence-electron chi connectivity index (χ0n) is 10.8. The quantitative estimate of drug-likeness (QED) is 0.758. The lowest BCUT2D eigenvalue weighted by atomic mass is 9.82. The van der Waals surface area contributed by atoms with E-state index >= 15 is 0 Å². The molecule has 0 radical (unpaired) electrons. The minimum absolute atomic E-state index is 0.0666. The Morgan fingerprint density at radius 1 is 1.39 bits per heavy atom. The summed E-state index contributed by atoms with van der Waals surface area (Å²) in [4.78, 5) is 24.3. The molecule has 2 unspecified atom stereocenters. The number of hydrogen-bond acceptors (Lipinski definition) is 2. The monoisotopic (exact) mass is 246 g/mol. The highest BCUT2D eigenvalue weighted by molar-refractivity contribution is 5.96. The molecule has 0 aromatic carbocycles. The van der Waals surface area contributed by atoms with Crippen molar-refractivity contribution in [3.63, 3.8) is 0 Å². The Morgan fingerprint density at radius 3 is 2.89 bits per heavy atom. The van der Waals surface area contributed by atoms with Crippen LogP contribution in [0.4, 0.5) is 0 Å².